The van der Waals surface area contributed by atoms with Crippen molar-refractivity contribution in [2.45, 2.75) is 5.41 Å². The number of hydrogen-bond acceptors (Lipinski definition) is 7. The van der Waals surface area contributed by atoms with E-state index >= 15 is 0 Å². The van der Waals surface area contributed by atoms with E-state index in [0.717, 1.165) is 44.7 Å². The summed E-state index contributed by atoms with van der Waals surface area (Å²) < 4.78 is 0. The van der Waals surface area contributed by atoms with Crippen LogP contribution in [0.5, 0.6) is 0 Å². The number of anilines is 3. The molecule has 1 aliphatic heterocycles. The molecule has 0 saturated heterocycles. The number of nitrogens with zero attached hydrogens (tertiary/aromatic N) is 5. The summed E-state index contributed by atoms with van der Waals surface area (Å²) in [5.41, 5.74) is 11.9. The van der Waals surface area contributed by atoms with Gasteiger partial charge in [-0.3, -0.25) is 4.98 Å². The zero-order valence-electron chi connectivity index (χ0n) is 29.8. The zero-order valence-corrected chi connectivity index (χ0v) is 31.4. The molecule has 4 aromatic heterocycles. The van der Waals surface area contributed by atoms with Crippen molar-refractivity contribution in [1.29, 1.82) is 0 Å². The molecule has 5 heterocycles. The fraction of sp³-hybridized carbons (Fsp3) is 0.0204. The summed E-state index contributed by atoms with van der Waals surface area (Å²) in [7, 11) is 0. The van der Waals surface area contributed by atoms with Gasteiger partial charge in [0.2, 0.25) is 0 Å². The summed E-state index contributed by atoms with van der Waals surface area (Å²) in [5.74, 6) is 1.92. The summed E-state index contributed by atoms with van der Waals surface area (Å²) in [4.78, 5) is 25.0. The molecule has 262 valence electrons. The third-order valence-electron chi connectivity index (χ3n) is 11.3. The molecule has 2 aliphatic rings. The summed E-state index contributed by atoms with van der Waals surface area (Å²) in [6.45, 7) is 0. The van der Waals surface area contributed by atoms with E-state index in [4.69, 9.17) is 19.9 Å². The Morgan fingerprint density at radius 1 is 0.429 bits per heavy atom. The zero-order chi connectivity index (χ0) is 36.8. The Kier molecular flexibility index (Phi) is 6.82. The molecule has 0 fully saturated rings. The van der Waals surface area contributed by atoms with E-state index < -0.39 is 5.41 Å². The maximum absolute atomic E-state index is 5.02. The molecule has 56 heavy (non-hydrogen) atoms. The molecule has 5 nitrogen and oxygen atoms in total. The molecule has 1 spiro atoms. The van der Waals surface area contributed by atoms with Gasteiger partial charge in [-0.15, -0.1) is 22.7 Å². The van der Waals surface area contributed by atoms with Gasteiger partial charge in [-0.2, -0.15) is 0 Å². The van der Waals surface area contributed by atoms with Crippen molar-refractivity contribution in [1.82, 2.24) is 19.9 Å². The maximum Gasteiger partial charge on any atom is 0.164 e. The molecule has 0 N–H and O–H groups in total. The second kappa shape index (κ2) is 12.1. The molecule has 0 bridgehead atoms. The molecule has 12 rings (SSSR count). The largest absolute Gasteiger partial charge is 0.310 e. The van der Waals surface area contributed by atoms with Crippen molar-refractivity contribution in [2.75, 3.05) is 4.90 Å². The Morgan fingerprint density at radius 3 is 1.54 bits per heavy atom. The van der Waals surface area contributed by atoms with Crippen LogP contribution in [0.1, 0.15) is 22.3 Å². The highest BCUT2D eigenvalue weighted by Gasteiger charge is 2.53. The molecule has 0 saturated carbocycles. The summed E-state index contributed by atoms with van der Waals surface area (Å²) in [5, 5.41) is 8.08. The van der Waals surface area contributed by atoms with E-state index in [-0.39, 0.29) is 0 Å². The standard InChI is InChI=1S/C49H29N5S2/c1-3-10-30(11-4-1)46-51-47(31-12-5-2-6-13-31)53-48(52-46)32-17-19-36(20-18-32)54-42-28-34-15-8-7-14-33(34)26-39(42)49(37-21-24-55-44(37)45-38(49)22-25-56-45)40-27-35-16-9-23-50-41(35)29-43(40)54/h1-29H. The van der Waals surface area contributed by atoms with Gasteiger partial charge in [0.05, 0.1) is 22.3 Å². The molecule has 7 heteroatoms. The second-order valence-corrected chi connectivity index (χ2v) is 16.1. The highest BCUT2D eigenvalue weighted by molar-refractivity contribution is 7.21. The Labute approximate surface area is 330 Å². The number of pyridine rings is 1. The van der Waals surface area contributed by atoms with Crippen LogP contribution in [0.15, 0.2) is 175 Å². The number of rotatable bonds is 4. The van der Waals surface area contributed by atoms with Crippen LogP contribution >= 0.6 is 22.7 Å². The van der Waals surface area contributed by atoms with Crippen molar-refractivity contribution in [3.8, 4) is 43.9 Å². The summed E-state index contributed by atoms with van der Waals surface area (Å²) >= 11 is 3.69. The normalized spacial score (nSPS) is 13.5. The minimum absolute atomic E-state index is 0.480. The fourth-order valence-corrected chi connectivity index (χ4v) is 10.9. The number of fused-ring (bicyclic) bond motifs is 11. The Morgan fingerprint density at radius 2 is 0.929 bits per heavy atom. The van der Waals surface area contributed by atoms with Crippen molar-refractivity contribution >= 4 is 61.4 Å². The van der Waals surface area contributed by atoms with Gasteiger partial charge in [-0.25, -0.2) is 15.0 Å². The second-order valence-electron chi connectivity index (χ2n) is 14.3. The molecule has 6 aromatic carbocycles. The molecule has 10 aromatic rings. The van der Waals surface area contributed by atoms with Gasteiger partial charge in [0.15, 0.2) is 17.5 Å². The van der Waals surface area contributed by atoms with Crippen LogP contribution in [0.25, 0.3) is 65.6 Å². The lowest BCUT2D eigenvalue weighted by molar-refractivity contribution is 0.759. The Bertz CT molecular complexity index is 2960. The highest BCUT2D eigenvalue weighted by Crippen LogP contribution is 2.66. The monoisotopic (exact) mass is 751 g/mol. The Balaban J connectivity index is 1.09. The van der Waals surface area contributed by atoms with E-state index in [1.54, 1.807) is 0 Å². The lowest BCUT2D eigenvalue weighted by Gasteiger charge is -2.45. The minimum atomic E-state index is -0.480. The topological polar surface area (TPSA) is 54.8 Å². The van der Waals surface area contributed by atoms with Crippen molar-refractivity contribution in [3.05, 3.63) is 197 Å². The minimum Gasteiger partial charge on any atom is -0.310 e. The predicted molar refractivity (Wildman–Crippen MR) is 230 cm³/mol. The average molecular weight is 752 g/mol. The Hall–Kier alpha value is -6.80. The van der Waals surface area contributed by atoms with E-state index in [0.29, 0.717) is 17.5 Å². The molecule has 0 radical (unpaired) electrons. The number of benzene rings is 6. The SMILES string of the molecule is c1ccc(-c2nc(-c3ccccc3)nc(-c3ccc(N4c5cc6ccccc6cc5C5(c6cc7cccnc7cc64)c4ccsc4-c4sccc45)cc3)n2)cc1. The first-order valence-corrected chi connectivity index (χ1v) is 20.4. The van der Waals surface area contributed by atoms with E-state index in [1.807, 2.05) is 95.6 Å². The number of hydrogen-bond donors (Lipinski definition) is 0. The number of thiophene rings is 2. The average Bonchev–Trinajstić information content (AvgIpc) is 4.00. The highest BCUT2D eigenvalue weighted by atomic mass is 32.1. The number of aromatic nitrogens is 4. The molecular weight excluding hydrogens is 723 g/mol. The quantitative estimate of drug-likeness (QED) is 0.179. The van der Waals surface area contributed by atoms with Gasteiger partial charge in [0.25, 0.3) is 0 Å². The third kappa shape index (κ3) is 4.53. The third-order valence-corrected chi connectivity index (χ3v) is 13.3. The first-order valence-electron chi connectivity index (χ1n) is 18.6. The van der Waals surface area contributed by atoms with Crippen LogP contribution in [0.2, 0.25) is 0 Å². The predicted octanol–water partition coefficient (Wildman–Crippen LogP) is 12.8. The molecule has 0 amide bonds. The first-order chi connectivity index (χ1) is 27.7. The lowest BCUT2D eigenvalue weighted by atomic mass is 9.65. The van der Waals surface area contributed by atoms with Gasteiger partial charge in [0.1, 0.15) is 0 Å². The maximum atomic E-state index is 5.02. The molecular formula is C49H29N5S2. The molecule has 1 aliphatic carbocycles. The summed E-state index contributed by atoms with van der Waals surface area (Å²) in [6.07, 6.45) is 1.89. The van der Waals surface area contributed by atoms with Gasteiger partial charge in [0, 0.05) is 43.7 Å². The van der Waals surface area contributed by atoms with E-state index in [2.05, 4.69) is 107 Å². The van der Waals surface area contributed by atoms with Gasteiger partial charge in [-0.05, 0) is 111 Å². The summed E-state index contributed by atoms with van der Waals surface area (Å²) in [6, 6.07) is 56.1. The molecule has 0 unspecified atom stereocenters. The van der Waals surface area contributed by atoms with Crippen LogP contribution in [-0.4, -0.2) is 19.9 Å². The van der Waals surface area contributed by atoms with E-state index in [9.17, 15) is 0 Å². The lowest BCUT2D eigenvalue weighted by Crippen LogP contribution is -2.36. The van der Waals surface area contributed by atoms with Crippen LogP contribution in [-0.2, 0) is 5.41 Å². The van der Waals surface area contributed by atoms with Gasteiger partial charge >= 0.3 is 0 Å². The fourth-order valence-electron chi connectivity index (χ4n) is 8.84. The van der Waals surface area contributed by atoms with Crippen molar-refractivity contribution < 1.29 is 0 Å². The van der Waals surface area contributed by atoms with Crippen LogP contribution in [0, 0.1) is 0 Å². The van der Waals surface area contributed by atoms with Gasteiger partial charge in [-0.1, -0.05) is 91.0 Å². The van der Waals surface area contributed by atoms with Crippen LogP contribution in [0.3, 0.4) is 0 Å². The van der Waals surface area contributed by atoms with Crippen molar-refractivity contribution in [3.63, 3.8) is 0 Å². The smallest absolute Gasteiger partial charge is 0.164 e. The first kappa shape index (κ1) is 31.5. The van der Waals surface area contributed by atoms with Gasteiger partial charge < -0.3 is 4.90 Å². The van der Waals surface area contributed by atoms with Crippen molar-refractivity contribution in [2.24, 2.45) is 0 Å². The van der Waals surface area contributed by atoms with Crippen LogP contribution in [0.4, 0.5) is 17.1 Å². The van der Waals surface area contributed by atoms with E-state index in [1.165, 1.54) is 42.8 Å². The van der Waals surface area contributed by atoms with Crippen LogP contribution < -0.4 is 4.90 Å². The molecule has 0 atom stereocenters.